The SMILES string of the molecule is COc1ccc(NC(=O)CN(C)C2CNC2)cc1.Cl. The molecular weight excluding hydrogens is 266 g/mol. The zero-order valence-electron chi connectivity index (χ0n) is 11.2. The van der Waals surface area contributed by atoms with Crippen LogP contribution in [0.15, 0.2) is 24.3 Å². The van der Waals surface area contributed by atoms with Gasteiger partial charge in [0, 0.05) is 24.8 Å². The number of rotatable bonds is 5. The molecule has 1 heterocycles. The Hall–Kier alpha value is -1.30. The van der Waals surface area contributed by atoms with Crippen molar-refractivity contribution in [2.24, 2.45) is 0 Å². The molecule has 1 saturated heterocycles. The molecule has 0 aliphatic carbocycles. The Balaban J connectivity index is 0.00000180. The first-order valence-electron chi connectivity index (χ1n) is 6.04. The average molecular weight is 286 g/mol. The molecule has 19 heavy (non-hydrogen) atoms. The smallest absolute Gasteiger partial charge is 0.238 e. The molecule has 1 aromatic carbocycles. The Bertz CT molecular complexity index is 407. The van der Waals surface area contributed by atoms with E-state index in [2.05, 4.69) is 15.5 Å². The fraction of sp³-hybridized carbons (Fsp3) is 0.462. The summed E-state index contributed by atoms with van der Waals surface area (Å²) in [4.78, 5) is 13.9. The maximum Gasteiger partial charge on any atom is 0.238 e. The van der Waals surface area contributed by atoms with Crippen LogP contribution in [0.4, 0.5) is 5.69 Å². The lowest BCUT2D eigenvalue weighted by Gasteiger charge is -2.35. The Morgan fingerprint density at radius 1 is 1.42 bits per heavy atom. The lowest BCUT2D eigenvalue weighted by Crippen LogP contribution is -2.57. The van der Waals surface area contributed by atoms with E-state index in [1.807, 2.05) is 31.3 Å². The molecule has 2 rings (SSSR count). The number of anilines is 1. The summed E-state index contributed by atoms with van der Waals surface area (Å²) in [5, 5.41) is 6.06. The Morgan fingerprint density at radius 2 is 2.05 bits per heavy atom. The quantitative estimate of drug-likeness (QED) is 0.846. The minimum absolute atomic E-state index is 0. The molecule has 6 heteroatoms. The van der Waals surface area contributed by atoms with E-state index in [1.165, 1.54) is 0 Å². The van der Waals surface area contributed by atoms with Gasteiger partial charge in [-0.2, -0.15) is 0 Å². The number of nitrogens with one attached hydrogen (secondary N) is 2. The fourth-order valence-electron chi connectivity index (χ4n) is 1.82. The van der Waals surface area contributed by atoms with Crippen LogP contribution in [-0.4, -0.2) is 50.6 Å². The van der Waals surface area contributed by atoms with Crippen LogP contribution in [0.3, 0.4) is 0 Å². The summed E-state index contributed by atoms with van der Waals surface area (Å²) in [5.41, 5.74) is 0.793. The summed E-state index contributed by atoms with van der Waals surface area (Å²) < 4.78 is 5.06. The van der Waals surface area contributed by atoms with E-state index in [0.29, 0.717) is 12.6 Å². The molecule has 0 radical (unpaired) electrons. The summed E-state index contributed by atoms with van der Waals surface area (Å²) >= 11 is 0. The van der Waals surface area contributed by atoms with Gasteiger partial charge in [-0.1, -0.05) is 0 Å². The molecule has 5 nitrogen and oxygen atoms in total. The monoisotopic (exact) mass is 285 g/mol. The van der Waals surface area contributed by atoms with E-state index in [-0.39, 0.29) is 18.3 Å². The molecule has 1 amide bonds. The number of hydrogen-bond donors (Lipinski definition) is 2. The van der Waals surface area contributed by atoms with E-state index >= 15 is 0 Å². The molecule has 1 fully saturated rings. The van der Waals surface area contributed by atoms with Crippen LogP contribution < -0.4 is 15.4 Å². The van der Waals surface area contributed by atoms with Crippen LogP contribution in [-0.2, 0) is 4.79 Å². The zero-order valence-corrected chi connectivity index (χ0v) is 12.0. The van der Waals surface area contributed by atoms with Crippen molar-refractivity contribution in [2.75, 3.05) is 39.1 Å². The summed E-state index contributed by atoms with van der Waals surface area (Å²) in [6, 6.07) is 7.81. The van der Waals surface area contributed by atoms with Gasteiger partial charge in [0.25, 0.3) is 0 Å². The first kappa shape index (κ1) is 15.8. The van der Waals surface area contributed by atoms with Gasteiger partial charge in [-0.3, -0.25) is 9.69 Å². The maximum atomic E-state index is 11.8. The molecule has 1 aliphatic heterocycles. The van der Waals surface area contributed by atoms with Crippen LogP contribution in [0, 0.1) is 0 Å². The largest absolute Gasteiger partial charge is 0.497 e. The van der Waals surface area contributed by atoms with Crippen LogP contribution in [0.5, 0.6) is 5.75 Å². The number of nitrogens with zero attached hydrogens (tertiary/aromatic N) is 1. The van der Waals surface area contributed by atoms with Gasteiger partial charge in [0.15, 0.2) is 0 Å². The standard InChI is InChI=1S/C13H19N3O2.ClH/c1-16(11-7-14-8-11)9-13(17)15-10-3-5-12(18-2)6-4-10;/h3-6,11,14H,7-9H2,1-2H3,(H,15,17);1H. The molecule has 0 bridgehead atoms. The van der Waals surface area contributed by atoms with Crippen molar-refractivity contribution in [3.63, 3.8) is 0 Å². The third-order valence-electron chi connectivity index (χ3n) is 3.15. The second-order valence-corrected chi connectivity index (χ2v) is 4.50. The van der Waals surface area contributed by atoms with E-state index in [4.69, 9.17) is 4.74 Å². The van der Waals surface area contributed by atoms with Gasteiger partial charge >= 0.3 is 0 Å². The third-order valence-corrected chi connectivity index (χ3v) is 3.15. The van der Waals surface area contributed by atoms with Gasteiger partial charge < -0.3 is 15.4 Å². The van der Waals surface area contributed by atoms with Crippen LogP contribution in [0.25, 0.3) is 0 Å². The molecule has 0 saturated carbocycles. The molecule has 1 aromatic rings. The molecule has 0 aromatic heterocycles. The van der Waals surface area contributed by atoms with Gasteiger partial charge in [0.05, 0.1) is 13.7 Å². The van der Waals surface area contributed by atoms with E-state index in [1.54, 1.807) is 7.11 Å². The van der Waals surface area contributed by atoms with E-state index in [9.17, 15) is 4.79 Å². The number of likely N-dealkylation sites (N-methyl/N-ethyl adjacent to an activating group) is 1. The fourth-order valence-corrected chi connectivity index (χ4v) is 1.82. The summed E-state index contributed by atoms with van der Waals surface area (Å²) in [5.74, 6) is 0.792. The van der Waals surface area contributed by atoms with Crippen molar-refractivity contribution < 1.29 is 9.53 Å². The van der Waals surface area contributed by atoms with Gasteiger partial charge in [-0.15, -0.1) is 12.4 Å². The molecule has 0 unspecified atom stereocenters. The normalized spacial score (nSPS) is 14.5. The topological polar surface area (TPSA) is 53.6 Å². The predicted octanol–water partition coefficient (Wildman–Crippen LogP) is 0.959. The summed E-state index contributed by atoms with van der Waals surface area (Å²) in [6.45, 7) is 2.34. The lowest BCUT2D eigenvalue weighted by atomic mass is 10.1. The van der Waals surface area contributed by atoms with E-state index < -0.39 is 0 Å². The first-order chi connectivity index (χ1) is 8.69. The molecule has 0 spiro atoms. The number of ether oxygens (including phenoxy) is 1. The maximum absolute atomic E-state index is 11.8. The van der Waals surface area contributed by atoms with Crippen molar-refractivity contribution in [3.05, 3.63) is 24.3 Å². The van der Waals surface area contributed by atoms with Crippen molar-refractivity contribution >= 4 is 24.0 Å². The second kappa shape index (κ2) is 7.33. The van der Waals surface area contributed by atoms with Crippen molar-refractivity contribution in [2.45, 2.75) is 6.04 Å². The molecule has 0 atom stereocenters. The Kier molecular flexibility index (Phi) is 6.08. The van der Waals surface area contributed by atoms with Gasteiger partial charge in [-0.25, -0.2) is 0 Å². The van der Waals surface area contributed by atoms with Gasteiger partial charge in [0.2, 0.25) is 5.91 Å². The number of hydrogen-bond acceptors (Lipinski definition) is 4. The van der Waals surface area contributed by atoms with Crippen molar-refractivity contribution in [1.82, 2.24) is 10.2 Å². The average Bonchev–Trinajstić information content (AvgIpc) is 2.27. The number of carbonyl (C=O) groups is 1. The number of carbonyl (C=O) groups excluding carboxylic acids is 1. The molecule has 106 valence electrons. The number of methoxy groups -OCH3 is 1. The zero-order chi connectivity index (χ0) is 13.0. The molecular formula is C13H20ClN3O2. The number of amides is 1. The van der Waals surface area contributed by atoms with Crippen LogP contribution in [0.1, 0.15) is 0 Å². The van der Waals surface area contributed by atoms with Gasteiger partial charge in [-0.05, 0) is 31.3 Å². The van der Waals surface area contributed by atoms with Gasteiger partial charge in [0.1, 0.15) is 5.75 Å². The van der Waals surface area contributed by atoms with Crippen molar-refractivity contribution in [3.8, 4) is 5.75 Å². The summed E-state index contributed by atoms with van der Waals surface area (Å²) in [7, 11) is 3.59. The highest BCUT2D eigenvalue weighted by molar-refractivity contribution is 5.92. The highest BCUT2D eigenvalue weighted by Gasteiger charge is 2.22. The Labute approximate surface area is 119 Å². The highest BCUT2D eigenvalue weighted by Crippen LogP contribution is 2.15. The highest BCUT2D eigenvalue weighted by atomic mass is 35.5. The molecule has 1 aliphatic rings. The van der Waals surface area contributed by atoms with Crippen molar-refractivity contribution in [1.29, 1.82) is 0 Å². The van der Waals surface area contributed by atoms with E-state index in [0.717, 1.165) is 24.5 Å². The third kappa shape index (κ3) is 4.38. The number of halogens is 1. The van der Waals surface area contributed by atoms with Crippen LogP contribution in [0.2, 0.25) is 0 Å². The minimum Gasteiger partial charge on any atom is -0.497 e. The first-order valence-corrected chi connectivity index (χ1v) is 6.04. The second-order valence-electron chi connectivity index (χ2n) is 4.50. The predicted molar refractivity (Wildman–Crippen MR) is 78.2 cm³/mol. The molecule has 2 N–H and O–H groups in total. The summed E-state index contributed by atoms with van der Waals surface area (Å²) in [6.07, 6.45) is 0. The lowest BCUT2D eigenvalue weighted by molar-refractivity contribution is -0.117. The van der Waals surface area contributed by atoms with Crippen LogP contribution >= 0.6 is 12.4 Å². The minimum atomic E-state index is 0. The Morgan fingerprint density at radius 3 is 2.53 bits per heavy atom. The number of benzene rings is 1.